The second kappa shape index (κ2) is 6.62. The Labute approximate surface area is 154 Å². The molecule has 1 amide bonds. The predicted molar refractivity (Wildman–Crippen MR) is 98.5 cm³/mol. The number of carbonyl (C=O) groups excluding carboxylic acids is 1. The molecule has 2 aromatic carbocycles. The quantitative estimate of drug-likeness (QED) is 0.709. The molecule has 1 heterocycles. The third-order valence-electron chi connectivity index (χ3n) is 3.76. The van der Waals surface area contributed by atoms with E-state index in [0.29, 0.717) is 15.9 Å². The summed E-state index contributed by atoms with van der Waals surface area (Å²) in [5, 5.41) is 0.894. The zero-order chi connectivity index (χ0) is 19.1. The summed E-state index contributed by atoms with van der Waals surface area (Å²) < 4.78 is 41.8. The topological polar surface area (TPSA) is 82.3 Å². The molecule has 0 saturated heterocycles. The molecule has 26 heavy (non-hydrogen) atoms. The number of benzene rings is 2. The van der Waals surface area contributed by atoms with Crippen molar-refractivity contribution < 1.29 is 17.6 Å². The number of nitrogens with zero attached hydrogens (tertiary/aromatic N) is 1. The van der Waals surface area contributed by atoms with Crippen LogP contribution in [0.5, 0.6) is 0 Å². The summed E-state index contributed by atoms with van der Waals surface area (Å²) in [6, 6.07) is 8.30. The van der Waals surface area contributed by atoms with Gasteiger partial charge in [0, 0.05) is 41.8 Å². The van der Waals surface area contributed by atoms with E-state index in [0.717, 1.165) is 6.07 Å². The SMILES string of the molecule is CN(C)C(=O)c1ccc(NS(=O)(=O)c2c[nH]c3cc(Cl)ccc23)c(F)c1. The van der Waals surface area contributed by atoms with Crippen molar-refractivity contribution >= 4 is 44.1 Å². The second-order valence-corrected chi connectivity index (χ2v) is 7.93. The second-order valence-electron chi connectivity index (χ2n) is 5.84. The summed E-state index contributed by atoms with van der Waals surface area (Å²) in [6.45, 7) is 0. The number of anilines is 1. The fourth-order valence-corrected chi connectivity index (χ4v) is 3.90. The largest absolute Gasteiger partial charge is 0.360 e. The Morgan fingerprint density at radius 3 is 2.58 bits per heavy atom. The van der Waals surface area contributed by atoms with Crippen molar-refractivity contribution in [3.8, 4) is 0 Å². The first kappa shape index (κ1) is 18.2. The molecule has 2 N–H and O–H groups in total. The number of aromatic amines is 1. The number of amides is 1. The monoisotopic (exact) mass is 395 g/mol. The van der Waals surface area contributed by atoms with Crippen LogP contribution in [-0.2, 0) is 10.0 Å². The molecule has 0 saturated carbocycles. The lowest BCUT2D eigenvalue weighted by Crippen LogP contribution is -2.22. The number of H-pyrrole nitrogens is 1. The van der Waals surface area contributed by atoms with Gasteiger partial charge in [-0.2, -0.15) is 0 Å². The number of nitrogens with one attached hydrogen (secondary N) is 2. The van der Waals surface area contributed by atoms with Crippen LogP contribution in [0.2, 0.25) is 5.02 Å². The van der Waals surface area contributed by atoms with Gasteiger partial charge in [-0.05, 0) is 36.4 Å². The van der Waals surface area contributed by atoms with E-state index in [-0.39, 0.29) is 22.1 Å². The molecule has 0 spiro atoms. The average Bonchev–Trinajstić information content (AvgIpc) is 2.99. The van der Waals surface area contributed by atoms with Crippen LogP contribution in [0.15, 0.2) is 47.5 Å². The zero-order valence-corrected chi connectivity index (χ0v) is 15.5. The van der Waals surface area contributed by atoms with Crippen LogP contribution in [0.4, 0.5) is 10.1 Å². The van der Waals surface area contributed by atoms with E-state index in [2.05, 4.69) is 9.71 Å². The highest BCUT2D eigenvalue weighted by molar-refractivity contribution is 7.93. The first-order valence-electron chi connectivity index (χ1n) is 7.50. The normalized spacial score (nSPS) is 11.5. The molecule has 0 aliphatic rings. The molecular formula is C17H15ClFN3O3S. The molecular weight excluding hydrogens is 381 g/mol. The van der Waals surface area contributed by atoms with Crippen LogP contribution >= 0.6 is 11.6 Å². The molecule has 0 radical (unpaired) electrons. The number of halogens is 2. The van der Waals surface area contributed by atoms with E-state index in [4.69, 9.17) is 11.6 Å². The number of hydrogen-bond acceptors (Lipinski definition) is 3. The minimum absolute atomic E-state index is 0.0305. The van der Waals surface area contributed by atoms with Gasteiger partial charge < -0.3 is 9.88 Å². The Balaban J connectivity index is 1.95. The van der Waals surface area contributed by atoms with Gasteiger partial charge in [0.05, 0.1) is 5.69 Å². The van der Waals surface area contributed by atoms with Crippen molar-refractivity contribution in [1.29, 1.82) is 0 Å². The molecule has 0 bridgehead atoms. The Bertz CT molecular complexity index is 1110. The van der Waals surface area contributed by atoms with E-state index in [1.165, 1.54) is 23.2 Å². The van der Waals surface area contributed by atoms with Crippen molar-refractivity contribution in [3.05, 3.63) is 59.0 Å². The number of carbonyl (C=O) groups is 1. The zero-order valence-electron chi connectivity index (χ0n) is 13.9. The lowest BCUT2D eigenvalue weighted by Gasteiger charge is -2.12. The molecule has 136 valence electrons. The lowest BCUT2D eigenvalue weighted by molar-refractivity contribution is 0.0827. The molecule has 3 aromatic rings. The number of sulfonamides is 1. The first-order chi connectivity index (χ1) is 12.2. The maximum Gasteiger partial charge on any atom is 0.264 e. The molecule has 0 atom stereocenters. The van der Waals surface area contributed by atoms with Gasteiger partial charge in [-0.3, -0.25) is 9.52 Å². The Morgan fingerprint density at radius 1 is 1.19 bits per heavy atom. The Kier molecular flexibility index (Phi) is 4.64. The fourth-order valence-electron chi connectivity index (χ4n) is 2.48. The molecule has 0 fully saturated rings. The van der Waals surface area contributed by atoms with Gasteiger partial charge in [0.1, 0.15) is 10.7 Å². The minimum Gasteiger partial charge on any atom is -0.360 e. The molecule has 9 heteroatoms. The Hall–Kier alpha value is -2.58. The standard InChI is InChI=1S/C17H15ClFN3O3S/c1-22(2)17(23)10-3-6-14(13(19)7-10)21-26(24,25)16-9-20-15-8-11(18)4-5-12(15)16/h3-9,20-21H,1-2H3. The maximum atomic E-state index is 14.3. The van der Waals surface area contributed by atoms with Crippen LogP contribution in [0.3, 0.4) is 0 Å². The molecule has 3 rings (SSSR count). The molecule has 0 aliphatic heterocycles. The Morgan fingerprint density at radius 2 is 1.92 bits per heavy atom. The molecule has 6 nitrogen and oxygen atoms in total. The van der Waals surface area contributed by atoms with Gasteiger partial charge in [0.15, 0.2) is 0 Å². The highest BCUT2D eigenvalue weighted by Crippen LogP contribution is 2.28. The number of fused-ring (bicyclic) bond motifs is 1. The first-order valence-corrected chi connectivity index (χ1v) is 9.36. The average molecular weight is 396 g/mol. The van der Waals surface area contributed by atoms with Crippen LogP contribution in [0, 0.1) is 5.82 Å². The number of aromatic nitrogens is 1. The summed E-state index contributed by atoms with van der Waals surface area (Å²) in [5.74, 6) is -1.23. The van der Waals surface area contributed by atoms with Crippen LogP contribution < -0.4 is 4.72 Å². The van der Waals surface area contributed by atoms with Crippen molar-refractivity contribution in [1.82, 2.24) is 9.88 Å². The lowest BCUT2D eigenvalue weighted by atomic mass is 10.2. The van der Waals surface area contributed by atoms with Crippen LogP contribution in [-0.4, -0.2) is 38.3 Å². The highest BCUT2D eigenvalue weighted by atomic mass is 35.5. The molecule has 0 aliphatic carbocycles. The van der Waals surface area contributed by atoms with E-state index >= 15 is 0 Å². The summed E-state index contributed by atoms with van der Waals surface area (Å²) in [6.07, 6.45) is 1.31. The van der Waals surface area contributed by atoms with Crippen molar-refractivity contribution in [2.45, 2.75) is 4.90 Å². The van der Waals surface area contributed by atoms with Gasteiger partial charge in [0.2, 0.25) is 0 Å². The van der Waals surface area contributed by atoms with E-state index in [1.54, 1.807) is 32.3 Å². The van der Waals surface area contributed by atoms with Gasteiger partial charge in [-0.25, -0.2) is 12.8 Å². The maximum absolute atomic E-state index is 14.3. The van der Waals surface area contributed by atoms with Crippen molar-refractivity contribution in [3.63, 3.8) is 0 Å². The van der Waals surface area contributed by atoms with E-state index in [9.17, 15) is 17.6 Å². The van der Waals surface area contributed by atoms with E-state index in [1.807, 2.05) is 0 Å². The summed E-state index contributed by atoms with van der Waals surface area (Å²) in [4.78, 5) is 16.0. The van der Waals surface area contributed by atoms with E-state index < -0.39 is 15.8 Å². The smallest absolute Gasteiger partial charge is 0.264 e. The number of hydrogen-bond donors (Lipinski definition) is 2. The minimum atomic E-state index is -4.04. The van der Waals surface area contributed by atoms with Crippen molar-refractivity contribution in [2.75, 3.05) is 18.8 Å². The van der Waals surface area contributed by atoms with Gasteiger partial charge in [-0.1, -0.05) is 11.6 Å². The summed E-state index contributed by atoms with van der Waals surface area (Å²) >= 11 is 5.89. The van der Waals surface area contributed by atoms with Crippen LogP contribution in [0.25, 0.3) is 10.9 Å². The predicted octanol–water partition coefficient (Wildman–Crippen LogP) is 3.46. The van der Waals surface area contributed by atoms with Gasteiger partial charge in [0.25, 0.3) is 15.9 Å². The third-order valence-corrected chi connectivity index (χ3v) is 5.40. The third kappa shape index (κ3) is 3.38. The highest BCUT2D eigenvalue weighted by Gasteiger charge is 2.21. The fraction of sp³-hybridized carbons (Fsp3) is 0.118. The van der Waals surface area contributed by atoms with Gasteiger partial charge in [-0.15, -0.1) is 0 Å². The number of rotatable bonds is 4. The van der Waals surface area contributed by atoms with Crippen molar-refractivity contribution in [2.24, 2.45) is 0 Å². The summed E-state index contributed by atoms with van der Waals surface area (Å²) in [7, 11) is -0.957. The molecule has 1 aromatic heterocycles. The molecule has 0 unspecified atom stereocenters. The summed E-state index contributed by atoms with van der Waals surface area (Å²) in [5.41, 5.74) is 0.422. The van der Waals surface area contributed by atoms with Crippen LogP contribution in [0.1, 0.15) is 10.4 Å². The van der Waals surface area contributed by atoms with Gasteiger partial charge >= 0.3 is 0 Å².